The second kappa shape index (κ2) is 11.1. The Kier molecular flexibility index (Phi) is 7.55. The third-order valence-electron chi connectivity index (χ3n) is 6.78. The monoisotopic (exact) mass is 547 g/mol. The molecule has 0 unspecified atom stereocenters. The zero-order valence-corrected chi connectivity index (χ0v) is 23.2. The van der Waals surface area contributed by atoms with E-state index in [2.05, 4.69) is 44.2 Å². The Bertz CT molecular complexity index is 1510. The van der Waals surface area contributed by atoms with Crippen molar-refractivity contribution in [1.82, 2.24) is 29.4 Å². The number of carbonyl (C=O) groups excluding carboxylic acids is 1. The minimum absolute atomic E-state index is 0.158. The van der Waals surface area contributed by atoms with E-state index in [4.69, 9.17) is 15.2 Å². The molecule has 0 atom stereocenters. The number of halogens is 1. The summed E-state index contributed by atoms with van der Waals surface area (Å²) >= 11 is 0. The lowest BCUT2D eigenvalue weighted by molar-refractivity contribution is 0.0205. The molecule has 0 aliphatic carbocycles. The summed E-state index contributed by atoms with van der Waals surface area (Å²) in [6.45, 7) is 9.61. The molecule has 40 heavy (non-hydrogen) atoms. The number of aromatic nitrogens is 5. The number of benzene rings is 1. The summed E-state index contributed by atoms with van der Waals surface area (Å²) in [5, 5.41) is 0. The van der Waals surface area contributed by atoms with Gasteiger partial charge in [0.1, 0.15) is 17.2 Å². The fourth-order valence-corrected chi connectivity index (χ4v) is 4.90. The van der Waals surface area contributed by atoms with Crippen molar-refractivity contribution in [3.63, 3.8) is 0 Å². The number of pyridine rings is 1. The van der Waals surface area contributed by atoms with Crippen molar-refractivity contribution < 1.29 is 18.7 Å². The Labute approximate surface area is 232 Å². The maximum atomic E-state index is 14.1. The normalized spacial score (nSPS) is 14.5. The highest BCUT2D eigenvalue weighted by Gasteiger charge is 2.27. The third kappa shape index (κ3) is 5.98. The number of nitrogen functional groups attached to an aromatic ring is 1. The maximum absolute atomic E-state index is 14.1. The van der Waals surface area contributed by atoms with E-state index in [1.807, 2.05) is 32.3 Å². The van der Waals surface area contributed by atoms with Gasteiger partial charge in [0, 0.05) is 24.8 Å². The van der Waals surface area contributed by atoms with Crippen LogP contribution in [-0.4, -0.2) is 60.8 Å². The van der Waals surface area contributed by atoms with E-state index in [1.165, 1.54) is 11.6 Å². The standard InChI is InChI=1S/C29H34FN7O3/c1-5-39-27-34-24(31)23-26(35-27)37(25(33-23)21-14-22(30)16-32-15-21)17-18-6-8-19(9-7-18)20-10-12-36(13-11-20)28(38)40-29(2,3)4/h6-9,14-16,20H,5,10-13,17H2,1-4H3,(H2,31,34,35). The molecule has 1 aliphatic rings. The number of carbonyl (C=O) groups is 1. The average Bonchev–Trinajstić information content (AvgIpc) is 3.27. The molecule has 5 rings (SSSR count). The third-order valence-corrected chi connectivity index (χ3v) is 6.78. The first-order chi connectivity index (χ1) is 19.1. The number of likely N-dealkylation sites (tertiary alicyclic amines) is 1. The van der Waals surface area contributed by atoms with Gasteiger partial charge in [-0.2, -0.15) is 9.97 Å². The van der Waals surface area contributed by atoms with Gasteiger partial charge >= 0.3 is 12.1 Å². The highest BCUT2D eigenvalue weighted by molar-refractivity contribution is 5.86. The van der Waals surface area contributed by atoms with Crippen molar-refractivity contribution >= 4 is 23.1 Å². The van der Waals surface area contributed by atoms with Gasteiger partial charge in [-0.15, -0.1) is 0 Å². The molecule has 3 aromatic heterocycles. The van der Waals surface area contributed by atoms with E-state index < -0.39 is 11.4 Å². The van der Waals surface area contributed by atoms with Gasteiger partial charge in [0.15, 0.2) is 17.0 Å². The summed E-state index contributed by atoms with van der Waals surface area (Å²) in [6, 6.07) is 9.93. The first kappa shape index (κ1) is 27.3. The molecule has 1 amide bonds. The molecule has 4 heterocycles. The average molecular weight is 548 g/mol. The summed E-state index contributed by atoms with van der Waals surface area (Å²) in [6.07, 6.45) is 4.19. The smallest absolute Gasteiger partial charge is 0.410 e. The highest BCUT2D eigenvalue weighted by atomic mass is 19.1. The molecule has 0 saturated carbocycles. The van der Waals surface area contributed by atoms with Gasteiger partial charge in [0.25, 0.3) is 0 Å². The molecule has 1 aromatic carbocycles. The van der Waals surface area contributed by atoms with Gasteiger partial charge in [0.2, 0.25) is 0 Å². The number of fused-ring (bicyclic) bond motifs is 1. The number of anilines is 1. The largest absolute Gasteiger partial charge is 0.464 e. The minimum atomic E-state index is -0.502. The van der Waals surface area contributed by atoms with Crippen LogP contribution in [0.2, 0.25) is 0 Å². The first-order valence-corrected chi connectivity index (χ1v) is 13.5. The van der Waals surface area contributed by atoms with Crippen LogP contribution in [0.25, 0.3) is 22.6 Å². The summed E-state index contributed by atoms with van der Waals surface area (Å²) in [4.78, 5) is 31.6. The van der Waals surface area contributed by atoms with Gasteiger partial charge in [-0.25, -0.2) is 14.2 Å². The molecule has 0 spiro atoms. The second-order valence-corrected chi connectivity index (χ2v) is 10.9. The Morgan fingerprint density at radius 1 is 1.10 bits per heavy atom. The molecule has 1 fully saturated rings. The molecule has 4 aromatic rings. The lowest BCUT2D eigenvalue weighted by Gasteiger charge is -2.33. The van der Waals surface area contributed by atoms with Crippen LogP contribution in [0.5, 0.6) is 6.01 Å². The Morgan fingerprint density at radius 3 is 2.48 bits per heavy atom. The summed E-state index contributed by atoms with van der Waals surface area (Å²) in [5.74, 6) is 0.561. The zero-order chi connectivity index (χ0) is 28.4. The zero-order valence-electron chi connectivity index (χ0n) is 23.2. The van der Waals surface area contributed by atoms with E-state index in [0.717, 1.165) is 24.6 Å². The van der Waals surface area contributed by atoms with Gasteiger partial charge in [-0.1, -0.05) is 24.3 Å². The lowest BCUT2D eigenvalue weighted by atomic mass is 9.89. The highest BCUT2D eigenvalue weighted by Crippen LogP contribution is 2.31. The second-order valence-electron chi connectivity index (χ2n) is 10.9. The molecule has 0 bridgehead atoms. The SMILES string of the molecule is CCOc1nc(N)c2nc(-c3cncc(F)c3)n(Cc3ccc(C4CCN(C(=O)OC(C)(C)C)CC4)cc3)c2n1. The molecule has 11 heteroatoms. The summed E-state index contributed by atoms with van der Waals surface area (Å²) in [5.41, 5.74) is 9.35. The summed E-state index contributed by atoms with van der Waals surface area (Å²) < 4.78 is 27.0. The van der Waals surface area contributed by atoms with Crippen molar-refractivity contribution in [2.75, 3.05) is 25.4 Å². The van der Waals surface area contributed by atoms with Crippen molar-refractivity contribution in [1.29, 1.82) is 0 Å². The van der Waals surface area contributed by atoms with Crippen LogP contribution in [0.4, 0.5) is 15.0 Å². The molecule has 210 valence electrons. The number of hydrogen-bond donors (Lipinski definition) is 1. The minimum Gasteiger partial charge on any atom is -0.464 e. The fraction of sp³-hybridized carbons (Fsp3) is 0.414. The number of piperidine rings is 1. The number of rotatable bonds is 6. The number of nitrogens with zero attached hydrogens (tertiary/aromatic N) is 6. The maximum Gasteiger partial charge on any atom is 0.410 e. The van der Waals surface area contributed by atoms with Crippen LogP contribution in [0.15, 0.2) is 42.7 Å². The van der Waals surface area contributed by atoms with E-state index in [9.17, 15) is 9.18 Å². The van der Waals surface area contributed by atoms with Crippen molar-refractivity contribution in [2.45, 2.75) is 58.6 Å². The molecular weight excluding hydrogens is 513 g/mol. The quantitative estimate of drug-likeness (QED) is 0.351. The Morgan fingerprint density at radius 2 is 1.82 bits per heavy atom. The van der Waals surface area contributed by atoms with Gasteiger partial charge in [-0.05, 0) is 63.6 Å². The van der Waals surface area contributed by atoms with Crippen molar-refractivity contribution in [2.24, 2.45) is 0 Å². The Balaban J connectivity index is 1.38. The van der Waals surface area contributed by atoms with Gasteiger partial charge in [-0.3, -0.25) is 4.98 Å². The van der Waals surface area contributed by atoms with Crippen LogP contribution in [0.3, 0.4) is 0 Å². The van der Waals surface area contributed by atoms with Crippen molar-refractivity contribution in [3.8, 4) is 17.4 Å². The van der Waals surface area contributed by atoms with Gasteiger partial charge < -0.3 is 24.7 Å². The van der Waals surface area contributed by atoms with Crippen molar-refractivity contribution in [3.05, 3.63) is 59.7 Å². The molecular formula is C29H34FN7O3. The molecule has 2 N–H and O–H groups in total. The number of nitrogens with two attached hydrogens (primary N) is 1. The van der Waals surface area contributed by atoms with Crippen LogP contribution in [-0.2, 0) is 11.3 Å². The number of hydrogen-bond acceptors (Lipinski definition) is 8. The lowest BCUT2D eigenvalue weighted by Crippen LogP contribution is -2.41. The molecule has 0 radical (unpaired) electrons. The molecule has 10 nitrogen and oxygen atoms in total. The Hall–Kier alpha value is -4.28. The molecule has 1 saturated heterocycles. The van der Waals surface area contributed by atoms with E-state index in [1.54, 1.807) is 11.1 Å². The number of ether oxygens (including phenoxy) is 2. The number of imidazole rings is 1. The predicted octanol–water partition coefficient (Wildman–Crippen LogP) is 5.17. The van der Waals surface area contributed by atoms with E-state index >= 15 is 0 Å². The first-order valence-electron chi connectivity index (χ1n) is 13.5. The van der Waals surface area contributed by atoms with E-state index in [0.29, 0.717) is 54.7 Å². The van der Waals surface area contributed by atoms with Crippen LogP contribution >= 0.6 is 0 Å². The topological polar surface area (TPSA) is 121 Å². The molecule has 1 aliphatic heterocycles. The predicted molar refractivity (Wildman–Crippen MR) is 149 cm³/mol. The van der Waals surface area contributed by atoms with E-state index in [-0.39, 0.29) is 17.9 Å². The van der Waals surface area contributed by atoms with Gasteiger partial charge in [0.05, 0.1) is 19.3 Å². The number of amides is 1. The van der Waals surface area contributed by atoms with Crippen LogP contribution in [0, 0.1) is 5.82 Å². The van der Waals surface area contributed by atoms with Crippen LogP contribution < -0.4 is 10.5 Å². The fourth-order valence-electron chi connectivity index (χ4n) is 4.90. The van der Waals surface area contributed by atoms with Crippen LogP contribution in [0.1, 0.15) is 57.6 Å². The summed E-state index contributed by atoms with van der Waals surface area (Å²) in [7, 11) is 0.